The zero-order valence-electron chi connectivity index (χ0n) is 12.9. The van der Waals surface area contributed by atoms with E-state index in [-0.39, 0.29) is 0 Å². The molecule has 2 rings (SSSR count). The third kappa shape index (κ3) is 3.47. The van der Waals surface area contributed by atoms with Gasteiger partial charge in [-0.1, -0.05) is 46.8 Å². The van der Waals surface area contributed by atoms with Crippen molar-refractivity contribution in [3.63, 3.8) is 0 Å². The van der Waals surface area contributed by atoms with Crippen LogP contribution in [0.4, 0.5) is 5.69 Å². The van der Waals surface area contributed by atoms with Crippen LogP contribution in [0.5, 0.6) is 0 Å². The molecule has 0 saturated carbocycles. The molecule has 1 aliphatic heterocycles. The molecule has 2 heteroatoms. The number of hydrogen-bond donors (Lipinski definition) is 1. The van der Waals surface area contributed by atoms with Crippen molar-refractivity contribution in [2.45, 2.75) is 64.2 Å². The van der Waals surface area contributed by atoms with Crippen LogP contribution in [0.2, 0.25) is 0 Å². The van der Waals surface area contributed by atoms with Crippen LogP contribution in [0.1, 0.15) is 64.0 Å². The van der Waals surface area contributed by atoms with E-state index in [1.165, 1.54) is 29.0 Å². The summed E-state index contributed by atoms with van der Waals surface area (Å²) in [6.45, 7) is 11.5. The molecule has 2 atom stereocenters. The summed E-state index contributed by atoms with van der Waals surface area (Å²) in [6, 6.07) is 7.60. The van der Waals surface area contributed by atoms with Gasteiger partial charge in [0.2, 0.25) is 0 Å². The van der Waals surface area contributed by atoms with Gasteiger partial charge in [-0.25, -0.2) is 0 Å². The van der Waals surface area contributed by atoms with Crippen molar-refractivity contribution in [3.8, 4) is 0 Å². The molecular weight excluding hydrogens is 250 g/mol. The highest BCUT2D eigenvalue weighted by Gasteiger charge is 2.24. The topological polar surface area (TPSA) is 12.0 Å². The molecule has 1 saturated heterocycles. The summed E-state index contributed by atoms with van der Waals surface area (Å²) in [4.78, 5) is 0. The quantitative estimate of drug-likeness (QED) is 0.807. The first-order valence-corrected chi connectivity index (χ1v) is 8.56. The molecule has 19 heavy (non-hydrogen) atoms. The maximum absolute atomic E-state index is 3.79. The average Bonchev–Trinajstić information content (AvgIpc) is 2.75. The average molecular weight is 277 g/mol. The Balaban J connectivity index is 2.23. The van der Waals surface area contributed by atoms with E-state index in [2.05, 4.69) is 69.9 Å². The van der Waals surface area contributed by atoms with Gasteiger partial charge in [-0.2, -0.15) is 11.8 Å². The normalized spacial score (nSPS) is 23.3. The molecule has 1 N–H and O–H groups in total. The van der Waals surface area contributed by atoms with Gasteiger partial charge in [0.05, 0.1) is 0 Å². The second-order valence-corrected chi connectivity index (χ2v) is 7.76. The third-order valence-electron chi connectivity index (χ3n) is 4.08. The fourth-order valence-electron chi connectivity index (χ4n) is 2.67. The van der Waals surface area contributed by atoms with Gasteiger partial charge < -0.3 is 5.32 Å². The summed E-state index contributed by atoms with van der Waals surface area (Å²) < 4.78 is 0. The third-order valence-corrected chi connectivity index (χ3v) is 5.41. The minimum Gasteiger partial charge on any atom is -0.381 e. The lowest BCUT2D eigenvalue weighted by atomic mass is 9.93. The van der Waals surface area contributed by atoms with Gasteiger partial charge in [0.25, 0.3) is 0 Å². The molecule has 106 valence electrons. The number of hydrogen-bond acceptors (Lipinski definition) is 2. The number of rotatable bonds is 4. The smallest absolute Gasteiger partial charge is 0.0385 e. The number of thioether (sulfide) groups is 1. The summed E-state index contributed by atoms with van der Waals surface area (Å²) in [5, 5.41) is 4.51. The number of benzene rings is 1. The first-order chi connectivity index (χ1) is 8.99. The Bertz CT molecular complexity index is 425. The summed E-state index contributed by atoms with van der Waals surface area (Å²) >= 11 is 2.08. The maximum atomic E-state index is 3.79. The molecule has 0 radical (unpaired) electrons. The molecule has 1 heterocycles. The molecule has 2 unspecified atom stereocenters. The zero-order valence-corrected chi connectivity index (χ0v) is 13.7. The largest absolute Gasteiger partial charge is 0.381 e. The van der Waals surface area contributed by atoms with Crippen LogP contribution in [0.15, 0.2) is 18.2 Å². The first-order valence-electron chi connectivity index (χ1n) is 7.51. The molecule has 0 aliphatic carbocycles. The first kappa shape index (κ1) is 14.8. The van der Waals surface area contributed by atoms with E-state index in [1.54, 1.807) is 0 Å². The second kappa shape index (κ2) is 6.21. The van der Waals surface area contributed by atoms with Gasteiger partial charge in [-0.05, 0) is 41.2 Å². The molecular formula is C17H27NS. The van der Waals surface area contributed by atoms with E-state index in [0.717, 1.165) is 5.25 Å². The Morgan fingerprint density at radius 3 is 2.42 bits per heavy atom. The van der Waals surface area contributed by atoms with E-state index in [0.29, 0.717) is 17.9 Å². The lowest BCUT2D eigenvalue weighted by molar-refractivity contribution is 0.719. The van der Waals surface area contributed by atoms with Crippen molar-refractivity contribution in [1.82, 2.24) is 0 Å². The van der Waals surface area contributed by atoms with Crippen molar-refractivity contribution in [1.29, 1.82) is 0 Å². The monoisotopic (exact) mass is 277 g/mol. The van der Waals surface area contributed by atoms with Crippen molar-refractivity contribution in [3.05, 3.63) is 29.3 Å². The van der Waals surface area contributed by atoms with Crippen LogP contribution < -0.4 is 5.32 Å². The van der Waals surface area contributed by atoms with E-state index in [4.69, 9.17) is 0 Å². The molecule has 0 aromatic heterocycles. The van der Waals surface area contributed by atoms with Crippen LogP contribution in [-0.4, -0.2) is 17.0 Å². The molecule has 0 spiro atoms. The predicted octanol–water partition coefficient (Wildman–Crippen LogP) is 5.24. The fraction of sp³-hybridized carbons (Fsp3) is 0.647. The van der Waals surface area contributed by atoms with Crippen LogP contribution in [-0.2, 0) is 0 Å². The molecule has 1 aliphatic rings. The maximum Gasteiger partial charge on any atom is 0.0385 e. The van der Waals surface area contributed by atoms with Crippen molar-refractivity contribution in [2.75, 3.05) is 11.1 Å². The van der Waals surface area contributed by atoms with Crippen LogP contribution in [0.3, 0.4) is 0 Å². The summed E-state index contributed by atoms with van der Waals surface area (Å²) in [5.41, 5.74) is 4.26. The zero-order chi connectivity index (χ0) is 14.0. The lowest BCUT2D eigenvalue weighted by Crippen LogP contribution is -2.25. The van der Waals surface area contributed by atoms with Gasteiger partial charge in [0.1, 0.15) is 0 Å². The van der Waals surface area contributed by atoms with Gasteiger partial charge in [-0.3, -0.25) is 0 Å². The van der Waals surface area contributed by atoms with Gasteiger partial charge in [-0.15, -0.1) is 0 Å². The van der Waals surface area contributed by atoms with Crippen LogP contribution >= 0.6 is 11.8 Å². The Morgan fingerprint density at radius 1 is 1.16 bits per heavy atom. The minimum atomic E-state index is 0.575. The van der Waals surface area contributed by atoms with E-state index < -0.39 is 0 Å². The molecule has 1 aromatic rings. The minimum absolute atomic E-state index is 0.575. The standard InChI is InChI=1S/C17H27NS/c1-11(2)14-6-7-17(15(10-14)12(3)4)18-16-8-9-19-13(16)5/h6-7,10-13,16,18H,8-9H2,1-5H3. The SMILES string of the molecule is CC(C)c1ccc(NC2CCSC2C)c(C(C)C)c1. The predicted molar refractivity (Wildman–Crippen MR) is 88.6 cm³/mol. The van der Waals surface area contributed by atoms with E-state index >= 15 is 0 Å². The summed E-state index contributed by atoms with van der Waals surface area (Å²) in [7, 11) is 0. The highest BCUT2D eigenvalue weighted by Crippen LogP contribution is 2.33. The van der Waals surface area contributed by atoms with Crippen LogP contribution in [0, 0.1) is 0 Å². The lowest BCUT2D eigenvalue weighted by Gasteiger charge is -2.23. The summed E-state index contributed by atoms with van der Waals surface area (Å²) in [6.07, 6.45) is 1.29. The molecule has 0 bridgehead atoms. The fourth-order valence-corrected chi connectivity index (χ4v) is 3.87. The molecule has 1 nitrogen and oxygen atoms in total. The summed E-state index contributed by atoms with van der Waals surface area (Å²) in [5.74, 6) is 2.47. The van der Waals surface area contributed by atoms with E-state index in [9.17, 15) is 0 Å². The van der Waals surface area contributed by atoms with Gasteiger partial charge in [0.15, 0.2) is 0 Å². The molecule has 1 aromatic carbocycles. The number of nitrogens with one attached hydrogen (secondary N) is 1. The van der Waals surface area contributed by atoms with Gasteiger partial charge in [0, 0.05) is 17.0 Å². The van der Waals surface area contributed by atoms with Crippen molar-refractivity contribution in [2.24, 2.45) is 0 Å². The van der Waals surface area contributed by atoms with Crippen molar-refractivity contribution >= 4 is 17.4 Å². The van der Waals surface area contributed by atoms with Gasteiger partial charge >= 0.3 is 0 Å². The van der Waals surface area contributed by atoms with Crippen LogP contribution in [0.25, 0.3) is 0 Å². The highest BCUT2D eigenvalue weighted by atomic mass is 32.2. The number of anilines is 1. The Kier molecular flexibility index (Phi) is 4.83. The molecule has 1 fully saturated rings. The Hall–Kier alpha value is -0.630. The van der Waals surface area contributed by atoms with E-state index in [1.807, 2.05) is 0 Å². The molecule has 0 amide bonds. The highest BCUT2D eigenvalue weighted by molar-refractivity contribution is 8.00. The second-order valence-electron chi connectivity index (χ2n) is 6.27. The Morgan fingerprint density at radius 2 is 1.89 bits per heavy atom. The Labute approximate surface area is 122 Å². The van der Waals surface area contributed by atoms with Crippen molar-refractivity contribution < 1.29 is 0 Å².